The van der Waals surface area contributed by atoms with E-state index >= 15 is 0 Å². The van der Waals surface area contributed by atoms with Gasteiger partial charge in [0.15, 0.2) is 0 Å². The normalized spacial score (nSPS) is 10.7. The largest absolute Gasteiger partial charge is 0.347 e. The van der Waals surface area contributed by atoms with Crippen LogP contribution >= 0.6 is 11.8 Å². The van der Waals surface area contributed by atoms with Gasteiger partial charge >= 0.3 is 0 Å². The van der Waals surface area contributed by atoms with Crippen LogP contribution in [-0.2, 0) is 9.59 Å². The third kappa shape index (κ3) is 5.84. The zero-order valence-electron chi connectivity index (χ0n) is 14.5. The lowest BCUT2D eigenvalue weighted by atomic mass is 10.0. The van der Waals surface area contributed by atoms with Gasteiger partial charge in [-0.15, -0.1) is 11.8 Å². The van der Waals surface area contributed by atoms with E-state index in [0.717, 1.165) is 11.1 Å². The van der Waals surface area contributed by atoms with Gasteiger partial charge in [0.2, 0.25) is 11.8 Å². The van der Waals surface area contributed by atoms with Crippen molar-refractivity contribution in [1.29, 1.82) is 0 Å². The fourth-order valence-corrected chi connectivity index (χ4v) is 3.32. The molecule has 0 saturated heterocycles. The lowest BCUT2D eigenvalue weighted by molar-refractivity contribution is -0.130. The first kappa shape index (κ1) is 19.9. The Kier molecular flexibility index (Phi) is 7.15. The highest BCUT2D eigenvalue weighted by molar-refractivity contribution is 8.00. The molecule has 0 atom stereocenters. The number of rotatable bonds is 7. The van der Waals surface area contributed by atoms with Gasteiger partial charge in [0.05, 0.1) is 17.5 Å². The molecule has 1 N–H and O–H groups in total. The Morgan fingerprint density at radius 1 is 0.962 bits per heavy atom. The minimum Gasteiger partial charge on any atom is -0.347 e. The number of halogens is 2. The van der Waals surface area contributed by atoms with Crippen LogP contribution in [0.3, 0.4) is 0 Å². The Labute approximate surface area is 155 Å². The quantitative estimate of drug-likeness (QED) is 0.806. The second-order valence-corrected chi connectivity index (χ2v) is 6.95. The monoisotopic (exact) mass is 378 g/mol. The fraction of sp³-hybridized carbons (Fsp3) is 0.263. The molecule has 2 aromatic rings. The van der Waals surface area contributed by atoms with Gasteiger partial charge in [0, 0.05) is 14.1 Å². The van der Waals surface area contributed by atoms with Crippen LogP contribution in [0, 0.1) is 11.6 Å². The van der Waals surface area contributed by atoms with Crippen molar-refractivity contribution in [2.45, 2.75) is 5.25 Å². The molecule has 0 bridgehead atoms. The maximum Gasteiger partial charge on any atom is 0.241 e. The molecule has 0 aromatic heterocycles. The number of nitrogens with zero attached hydrogens (tertiary/aromatic N) is 1. The molecule has 138 valence electrons. The van der Waals surface area contributed by atoms with Gasteiger partial charge in [-0.25, -0.2) is 8.78 Å². The Balaban J connectivity index is 2.07. The van der Waals surface area contributed by atoms with Crippen LogP contribution in [0.2, 0.25) is 0 Å². The van der Waals surface area contributed by atoms with E-state index in [1.165, 1.54) is 40.9 Å². The van der Waals surface area contributed by atoms with Gasteiger partial charge in [0.25, 0.3) is 0 Å². The summed E-state index contributed by atoms with van der Waals surface area (Å²) in [4.78, 5) is 24.9. The molecule has 26 heavy (non-hydrogen) atoms. The number of likely N-dealkylation sites (N-methyl/N-ethyl adjacent to an activating group) is 1. The molecular formula is C19H20F2N2O2S. The average molecular weight is 378 g/mol. The number of nitrogens with one attached hydrogen (secondary N) is 1. The molecule has 2 aromatic carbocycles. The van der Waals surface area contributed by atoms with Crippen molar-refractivity contribution >= 4 is 23.6 Å². The first-order valence-electron chi connectivity index (χ1n) is 7.96. The third-order valence-electron chi connectivity index (χ3n) is 3.66. The fourth-order valence-electron chi connectivity index (χ4n) is 2.20. The van der Waals surface area contributed by atoms with Crippen molar-refractivity contribution in [2.75, 3.05) is 26.4 Å². The van der Waals surface area contributed by atoms with Crippen LogP contribution in [0.4, 0.5) is 8.78 Å². The van der Waals surface area contributed by atoms with Gasteiger partial charge in [0.1, 0.15) is 11.6 Å². The summed E-state index contributed by atoms with van der Waals surface area (Å²) in [6.45, 7) is -0.0653. The number of carbonyl (C=O) groups is 2. The predicted octanol–water partition coefficient (Wildman–Crippen LogP) is 2.99. The summed E-state index contributed by atoms with van der Waals surface area (Å²) in [5.41, 5.74) is 1.61. The van der Waals surface area contributed by atoms with Crippen LogP contribution in [0.1, 0.15) is 16.4 Å². The van der Waals surface area contributed by atoms with Crippen molar-refractivity contribution in [3.8, 4) is 0 Å². The van der Waals surface area contributed by atoms with Crippen LogP contribution in [0.25, 0.3) is 0 Å². The molecule has 0 spiro atoms. The van der Waals surface area contributed by atoms with E-state index in [9.17, 15) is 18.4 Å². The highest BCUT2D eigenvalue weighted by atomic mass is 32.2. The molecule has 2 amide bonds. The lowest BCUT2D eigenvalue weighted by Crippen LogP contribution is -2.37. The van der Waals surface area contributed by atoms with Crippen molar-refractivity contribution in [2.24, 2.45) is 0 Å². The first-order valence-corrected chi connectivity index (χ1v) is 9.01. The Bertz CT molecular complexity index is 704. The van der Waals surface area contributed by atoms with Gasteiger partial charge < -0.3 is 10.2 Å². The molecule has 0 heterocycles. The summed E-state index contributed by atoms with van der Waals surface area (Å²) < 4.78 is 26.4. The van der Waals surface area contributed by atoms with Crippen molar-refractivity contribution in [1.82, 2.24) is 10.2 Å². The standard InChI is InChI=1S/C19H20F2N2O2S/c1-23(2)18(25)11-22-17(24)12-26-19(13-3-7-15(20)8-4-13)14-5-9-16(21)10-6-14/h3-10,19H,11-12H2,1-2H3,(H,22,24). The Morgan fingerprint density at radius 3 is 1.85 bits per heavy atom. The van der Waals surface area contributed by atoms with E-state index in [1.54, 1.807) is 38.4 Å². The minimum atomic E-state index is -0.350. The molecule has 0 unspecified atom stereocenters. The summed E-state index contributed by atoms with van der Waals surface area (Å²) in [5.74, 6) is -1.07. The van der Waals surface area contributed by atoms with Crippen LogP contribution < -0.4 is 5.32 Å². The number of thioether (sulfide) groups is 1. The summed E-state index contributed by atoms with van der Waals surface area (Å²) in [7, 11) is 3.23. The maximum atomic E-state index is 13.2. The minimum absolute atomic E-state index is 0.0653. The van der Waals surface area contributed by atoms with Crippen molar-refractivity contribution in [3.05, 3.63) is 71.3 Å². The molecule has 0 aliphatic carbocycles. The van der Waals surface area contributed by atoms with E-state index in [1.807, 2.05) is 0 Å². The molecule has 0 fully saturated rings. The number of hydrogen-bond acceptors (Lipinski definition) is 3. The summed E-state index contributed by atoms with van der Waals surface area (Å²) in [6.07, 6.45) is 0. The van der Waals surface area contributed by atoms with Crippen LogP contribution in [-0.4, -0.2) is 43.1 Å². The molecule has 2 rings (SSSR count). The summed E-state index contributed by atoms with van der Waals surface area (Å²) >= 11 is 1.33. The van der Waals surface area contributed by atoms with Crippen LogP contribution in [0.5, 0.6) is 0 Å². The van der Waals surface area contributed by atoms with Gasteiger partial charge in [-0.3, -0.25) is 9.59 Å². The topological polar surface area (TPSA) is 49.4 Å². The average Bonchev–Trinajstić information content (AvgIpc) is 2.62. The maximum absolute atomic E-state index is 13.2. The highest BCUT2D eigenvalue weighted by Crippen LogP contribution is 2.35. The number of amides is 2. The second-order valence-electron chi connectivity index (χ2n) is 5.86. The molecule has 4 nitrogen and oxygen atoms in total. The van der Waals surface area contributed by atoms with Crippen molar-refractivity contribution in [3.63, 3.8) is 0 Å². The number of benzene rings is 2. The highest BCUT2D eigenvalue weighted by Gasteiger charge is 2.17. The SMILES string of the molecule is CN(C)C(=O)CNC(=O)CSC(c1ccc(F)cc1)c1ccc(F)cc1. The molecule has 0 aliphatic heterocycles. The molecule has 7 heteroatoms. The van der Waals surface area contributed by atoms with Gasteiger partial charge in [-0.05, 0) is 35.4 Å². The van der Waals surface area contributed by atoms with E-state index in [-0.39, 0.29) is 41.0 Å². The number of carbonyl (C=O) groups excluding carboxylic acids is 2. The van der Waals surface area contributed by atoms with Gasteiger partial charge in [-0.1, -0.05) is 24.3 Å². The predicted molar refractivity (Wildman–Crippen MR) is 98.8 cm³/mol. The van der Waals surface area contributed by atoms with Crippen LogP contribution in [0.15, 0.2) is 48.5 Å². The Hall–Kier alpha value is -2.41. The van der Waals surface area contributed by atoms with E-state index in [0.29, 0.717) is 0 Å². The lowest BCUT2D eigenvalue weighted by Gasteiger charge is -2.18. The molecule has 0 aliphatic rings. The smallest absolute Gasteiger partial charge is 0.241 e. The first-order chi connectivity index (χ1) is 12.4. The molecule has 0 saturated carbocycles. The second kappa shape index (κ2) is 9.33. The zero-order chi connectivity index (χ0) is 19.1. The molecule has 0 radical (unpaired) electrons. The third-order valence-corrected chi connectivity index (χ3v) is 4.97. The van der Waals surface area contributed by atoms with E-state index < -0.39 is 0 Å². The number of hydrogen-bond donors (Lipinski definition) is 1. The van der Waals surface area contributed by atoms with Gasteiger partial charge in [-0.2, -0.15) is 0 Å². The van der Waals surface area contributed by atoms with E-state index in [2.05, 4.69) is 5.32 Å². The van der Waals surface area contributed by atoms with Crippen molar-refractivity contribution < 1.29 is 18.4 Å². The van der Waals surface area contributed by atoms with E-state index in [4.69, 9.17) is 0 Å². The Morgan fingerprint density at radius 2 is 1.42 bits per heavy atom. The molecular weight excluding hydrogens is 358 g/mol. The summed E-state index contributed by atoms with van der Waals surface area (Å²) in [6, 6.07) is 12.0. The summed E-state index contributed by atoms with van der Waals surface area (Å²) in [5, 5.41) is 2.31. The zero-order valence-corrected chi connectivity index (χ0v) is 15.4.